The molecule has 1 aliphatic heterocycles. The van der Waals surface area contributed by atoms with Crippen LogP contribution in [0, 0.1) is 0 Å². The molecule has 3 N–H and O–H groups in total. The monoisotopic (exact) mass is 419 g/mol. The Morgan fingerprint density at radius 1 is 1.22 bits per heavy atom. The maximum Gasteiger partial charge on any atom is 0.259 e. The standard InChI is InChI=1S/C18H23Cl2NO6/c1-26-15-7-14(24)16(8-22)27-17(15)18(25)21(12-2-3-13(12)23)11-5-9(19)4-10(20)6-11/h4-6,12-17,22-24H,2-3,7-8H2,1H3/t12-,13-,14?,15?,16?,17?/m1/s1. The van der Waals surface area contributed by atoms with Crippen molar-refractivity contribution in [1.82, 2.24) is 0 Å². The summed E-state index contributed by atoms with van der Waals surface area (Å²) in [5.74, 6) is -0.436. The number of methoxy groups -OCH3 is 1. The summed E-state index contributed by atoms with van der Waals surface area (Å²) in [4.78, 5) is 14.8. The minimum Gasteiger partial charge on any atom is -0.394 e. The zero-order valence-electron chi connectivity index (χ0n) is 14.8. The van der Waals surface area contributed by atoms with Gasteiger partial charge in [0.25, 0.3) is 5.91 Å². The van der Waals surface area contributed by atoms with E-state index in [4.69, 9.17) is 32.7 Å². The van der Waals surface area contributed by atoms with Crippen LogP contribution in [0.4, 0.5) is 5.69 Å². The Balaban J connectivity index is 1.94. The lowest BCUT2D eigenvalue weighted by Gasteiger charge is -2.45. The first-order chi connectivity index (χ1) is 12.8. The Hall–Kier alpha value is -0.930. The smallest absolute Gasteiger partial charge is 0.259 e. The Morgan fingerprint density at radius 2 is 1.89 bits per heavy atom. The van der Waals surface area contributed by atoms with Gasteiger partial charge in [0.2, 0.25) is 0 Å². The van der Waals surface area contributed by atoms with Gasteiger partial charge in [0.1, 0.15) is 6.10 Å². The van der Waals surface area contributed by atoms with E-state index in [0.717, 1.165) is 0 Å². The van der Waals surface area contributed by atoms with E-state index in [2.05, 4.69) is 0 Å². The molecule has 1 saturated carbocycles. The first-order valence-electron chi connectivity index (χ1n) is 8.80. The third kappa shape index (κ3) is 4.24. The number of aliphatic hydroxyl groups excluding tert-OH is 3. The van der Waals surface area contributed by atoms with E-state index in [9.17, 15) is 20.1 Å². The van der Waals surface area contributed by atoms with Crippen molar-refractivity contribution in [2.45, 2.75) is 55.8 Å². The number of hydrogen-bond acceptors (Lipinski definition) is 6. The van der Waals surface area contributed by atoms with Gasteiger partial charge in [-0.25, -0.2) is 0 Å². The summed E-state index contributed by atoms with van der Waals surface area (Å²) in [5, 5.41) is 30.4. The van der Waals surface area contributed by atoms with Gasteiger partial charge < -0.3 is 29.7 Å². The minimum atomic E-state index is -1.04. The number of hydrogen-bond donors (Lipinski definition) is 3. The zero-order valence-corrected chi connectivity index (χ0v) is 16.3. The largest absolute Gasteiger partial charge is 0.394 e. The molecular weight excluding hydrogens is 397 g/mol. The molecule has 0 aromatic heterocycles. The maximum absolute atomic E-state index is 13.4. The number of rotatable bonds is 5. The van der Waals surface area contributed by atoms with Crippen molar-refractivity contribution < 1.29 is 29.6 Å². The fourth-order valence-electron chi connectivity index (χ4n) is 3.55. The van der Waals surface area contributed by atoms with Crippen molar-refractivity contribution in [1.29, 1.82) is 0 Å². The first kappa shape index (κ1) is 20.8. The van der Waals surface area contributed by atoms with Crippen molar-refractivity contribution in [3.8, 4) is 0 Å². The van der Waals surface area contributed by atoms with Crippen LogP contribution in [0.15, 0.2) is 18.2 Å². The number of aliphatic hydroxyl groups is 3. The lowest BCUT2D eigenvalue weighted by Crippen LogP contribution is -2.61. The van der Waals surface area contributed by atoms with Gasteiger partial charge in [-0.3, -0.25) is 4.79 Å². The predicted molar refractivity (Wildman–Crippen MR) is 100 cm³/mol. The normalized spacial score (nSPS) is 33.4. The fourth-order valence-corrected chi connectivity index (χ4v) is 4.06. The molecule has 2 aliphatic rings. The predicted octanol–water partition coefficient (Wildman–Crippen LogP) is 1.38. The molecule has 0 bridgehead atoms. The molecule has 1 aromatic rings. The number of nitrogens with zero attached hydrogens (tertiary/aromatic N) is 1. The number of ether oxygens (including phenoxy) is 2. The van der Waals surface area contributed by atoms with Crippen molar-refractivity contribution >= 4 is 34.8 Å². The van der Waals surface area contributed by atoms with Gasteiger partial charge >= 0.3 is 0 Å². The van der Waals surface area contributed by atoms with E-state index in [1.807, 2.05) is 0 Å². The topological polar surface area (TPSA) is 99.5 Å². The minimum absolute atomic E-state index is 0.148. The summed E-state index contributed by atoms with van der Waals surface area (Å²) in [7, 11) is 1.43. The summed E-state index contributed by atoms with van der Waals surface area (Å²) >= 11 is 12.2. The Kier molecular flexibility index (Phi) is 6.63. The molecular formula is C18H23Cl2NO6. The van der Waals surface area contributed by atoms with E-state index in [1.165, 1.54) is 12.0 Å². The summed E-state index contributed by atoms with van der Waals surface area (Å²) in [6, 6.07) is 4.31. The van der Waals surface area contributed by atoms with E-state index >= 15 is 0 Å². The quantitative estimate of drug-likeness (QED) is 0.666. The summed E-state index contributed by atoms with van der Waals surface area (Å²) in [5.41, 5.74) is 0.450. The van der Waals surface area contributed by atoms with Gasteiger partial charge in [0, 0.05) is 29.3 Å². The molecule has 27 heavy (non-hydrogen) atoms. The molecule has 7 nitrogen and oxygen atoms in total. The highest BCUT2D eigenvalue weighted by atomic mass is 35.5. The van der Waals surface area contributed by atoms with Crippen molar-refractivity contribution in [2.24, 2.45) is 0 Å². The van der Waals surface area contributed by atoms with Crippen LogP contribution in [-0.4, -0.2) is 71.5 Å². The van der Waals surface area contributed by atoms with E-state index in [0.29, 0.717) is 28.6 Å². The average molecular weight is 420 g/mol. The van der Waals surface area contributed by atoms with E-state index in [-0.39, 0.29) is 6.42 Å². The molecule has 2 fully saturated rings. The van der Waals surface area contributed by atoms with Crippen LogP contribution < -0.4 is 4.90 Å². The molecule has 0 spiro atoms. The number of anilines is 1. The van der Waals surface area contributed by atoms with Crippen LogP contribution in [0.25, 0.3) is 0 Å². The molecule has 1 saturated heterocycles. The highest BCUT2D eigenvalue weighted by Gasteiger charge is 2.46. The first-order valence-corrected chi connectivity index (χ1v) is 9.55. The summed E-state index contributed by atoms with van der Waals surface area (Å²) < 4.78 is 11.0. The average Bonchev–Trinajstić information content (AvgIpc) is 2.62. The molecule has 1 heterocycles. The summed E-state index contributed by atoms with van der Waals surface area (Å²) in [6.45, 7) is -0.420. The maximum atomic E-state index is 13.4. The van der Waals surface area contributed by atoms with Crippen LogP contribution in [-0.2, 0) is 14.3 Å². The molecule has 3 rings (SSSR count). The number of carbonyl (C=O) groups excluding carboxylic acids is 1. The van der Waals surface area contributed by atoms with Crippen molar-refractivity contribution in [3.05, 3.63) is 28.2 Å². The van der Waals surface area contributed by atoms with Crippen LogP contribution >= 0.6 is 23.2 Å². The molecule has 1 aromatic carbocycles. The number of benzene rings is 1. The zero-order chi connectivity index (χ0) is 19.7. The van der Waals surface area contributed by atoms with Gasteiger partial charge in [-0.2, -0.15) is 0 Å². The van der Waals surface area contributed by atoms with Gasteiger partial charge in [0.05, 0.1) is 31.0 Å². The summed E-state index contributed by atoms with van der Waals surface area (Å²) in [6.07, 6.45) is -2.88. The van der Waals surface area contributed by atoms with Gasteiger partial charge in [-0.05, 0) is 31.0 Å². The highest BCUT2D eigenvalue weighted by molar-refractivity contribution is 6.35. The number of carbonyl (C=O) groups is 1. The van der Waals surface area contributed by atoms with Crippen molar-refractivity contribution in [2.75, 3.05) is 18.6 Å². The molecule has 1 aliphatic carbocycles. The lowest BCUT2D eigenvalue weighted by molar-refractivity contribution is -0.191. The van der Waals surface area contributed by atoms with Crippen LogP contribution in [0.5, 0.6) is 0 Å². The van der Waals surface area contributed by atoms with Crippen LogP contribution in [0.3, 0.4) is 0 Å². The number of halogens is 2. The van der Waals surface area contributed by atoms with Crippen LogP contribution in [0.2, 0.25) is 10.0 Å². The van der Waals surface area contributed by atoms with Crippen molar-refractivity contribution in [3.63, 3.8) is 0 Å². The Bertz CT molecular complexity index is 670. The van der Waals surface area contributed by atoms with Gasteiger partial charge in [-0.15, -0.1) is 0 Å². The van der Waals surface area contributed by atoms with Gasteiger partial charge in [-0.1, -0.05) is 23.2 Å². The molecule has 0 radical (unpaired) electrons. The Labute approximate surface area is 167 Å². The van der Waals surface area contributed by atoms with E-state index in [1.54, 1.807) is 18.2 Å². The second-order valence-corrected chi connectivity index (χ2v) is 7.78. The molecule has 4 unspecified atom stereocenters. The Morgan fingerprint density at radius 3 is 2.37 bits per heavy atom. The molecule has 9 heteroatoms. The third-order valence-corrected chi connectivity index (χ3v) is 5.62. The van der Waals surface area contributed by atoms with Gasteiger partial charge in [0.15, 0.2) is 6.10 Å². The van der Waals surface area contributed by atoms with E-state index < -0.39 is 49.1 Å². The molecule has 1 amide bonds. The second kappa shape index (κ2) is 8.61. The second-order valence-electron chi connectivity index (χ2n) is 6.90. The number of amides is 1. The molecule has 150 valence electrons. The molecule has 6 atom stereocenters. The SMILES string of the molecule is COC1CC(O)C(CO)OC1C(=O)N(c1cc(Cl)cc(Cl)c1)[C@@H]1CC[C@H]1O. The van der Waals surface area contributed by atoms with Crippen LogP contribution in [0.1, 0.15) is 19.3 Å². The third-order valence-electron chi connectivity index (χ3n) is 5.19. The fraction of sp³-hybridized carbons (Fsp3) is 0.611. The highest BCUT2D eigenvalue weighted by Crippen LogP contribution is 2.35. The lowest BCUT2D eigenvalue weighted by atomic mass is 9.86.